The van der Waals surface area contributed by atoms with Gasteiger partial charge in [0.05, 0.1) is 6.04 Å². The Balaban J connectivity index is 2.60. The van der Waals surface area contributed by atoms with E-state index in [-0.39, 0.29) is 0 Å². The molecule has 0 radical (unpaired) electrons. The first-order chi connectivity index (χ1) is 7.65. The number of hydrogen-bond donors (Lipinski definition) is 1. The third kappa shape index (κ3) is 3.94. The quantitative estimate of drug-likeness (QED) is 0.760. The molecule has 0 saturated carbocycles. The van der Waals surface area contributed by atoms with Gasteiger partial charge in [-0.05, 0) is 40.0 Å². The van der Waals surface area contributed by atoms with Gasteiger partial charge in [0.25, 0.3) is 0 Å². The summed E-state index contributed by atoms with van der Waals surface area (Å²) in [5.41, 5.74) is 0. The Morgan fingerprint density at radius 3 is 2.75 bits per heavy atom. The van der Waals surface area contributed by atoms with Crippen molar-refractivity contribution in [1.82, 2.24) is 19.8 Å². The van der Waals surface area contributed by atoms with Crippen LogP contribution in [0.1, 0.15) is 31.6 Å². The van der Waals surface area contributed by atoms with Crippen molar-refractivity contribution < 1.29 is 0 Å². The molecule has 92 valence electrons. The molecule has 0 saturated heterocycles. The lowest BCUT2D eigenvalue weighted by atomic mass is 10.2. The SMILES string of the molecule is CCCNC(CCN(C)C)c1nccn1C. The monoisotopic (exact) mass is 224 g/mol. The van der Waals surface area contributed by atoms with Gasteiger partial charge in [0.2, 0.25) is 0 Å². The van der Waals surface area contributed by atoms with Crippen LogP contribution in [0, 0.1) is 0 Å². The van der Waals surface area contributed by atoms with E-state index in [1.54, 1.807) is 0 Å². The Hall–Kier alpha value is -0.870. The third-order valence-electron chi connectivity index (χ3n) is 2.68. The zero-order valence-corrected chi connectivity index (χ0v) is 10.9. The average Bonchev–Trinajstić information content (AvgIpc) is 2.65. The van der Waals surface area contributed by atoms with Gasteiger partial charge < -0.3 is 14.8 Å². The Morgan fingerprint density at radius 1 is 1.50 bits per heavy atom. The molecule has 0 fully saturated rings. The van der Waals surface area contributed by atoms with E-state index in [1.807, 2.05) is 12.4 Å². The molecular formula is C12H24N4. The molecule has 0 amide bonds. The van der Waals surface area contributed by atoms with E-state index >= 15 is 0 Å². The molecular weight excluding hydrogens is 200 g/mol. The van der Waals surface area contributed by atoms with Crippen LogP contribution < -0.4 is 5.32 Å². The summed E-state index contributed by atoms with van der Waals surface area (Å²) >= 11 is 0. The maximum Gasteiger partial charge on any atom is 0.125 e. The molecule has 1 aromatic heterocycles. The Morgan fingerprint density at radius 2 is 2.25 bits per heavy atom. The van der Waals surface area contributed by atoms with Gasteiger partial charge in [-0.2, -0.15) is 0 Å². The van der Waals surface area contributed by atoms with Gasteiger partial charge in [-0.1, -0.05) is 6.92 Å². The lowest BCUT2D eigenvalue weighted by Gasteiger charge is -2.20. The minimum atomic E-state index is 0.363. The molecule has 1 atom stereocenters. The molecule has 0 aromatic carbocycles. The van der Waals surface area contributed by atoms with Gasteiger partial charge >= 0.3 is 0 Å². The maximum absolute atomic E-state index is 4.43. The second-order valence-electron chi connectivity index (χ2n) is 4.50. The van der Waals surface area contributed by atoms with Gasteiger partial charge in [-0.3, -0.25) is 0 Å². The van der Waals surface area contributed by atoms with Gasteiger partial charge in [-0.15, -0.1) is 0 Å². The molecule has 1 unspecified atom stereocenters. The summed E-state index contributed by atoms with van der Waals surface area (Å²) in [5, 5.41) is 3.56. The van der Waals surface area contributed by atoms with Crippen molar-refractivity contribution in [3.63, 3.8) is 0 Å². The van der Waals surface area contributed by atoms with Crippen LogP contribution in [-0.2, 0) is 7.05 Å². The zero-order valence-electron chi connectivity index (χ0n) is 10.9. The molecule has 1 N–H and O–H groups in total. The van der Waals surface area contributed by atoms with Crippen molar-refractivity contribution in [2.75, 3.05) is 27.2 Å². The van der Waals surface area contributed by atoms with Crippen molar-refractivity contribution in [2.24, 2.45) is 7.05 Å². The van der Waals surface area contributed by atoms with Gasteiger partial charge in [0.1, 0.15) is 5.82 Å². The van der Waals surface area contributed by atoms with Gasteiger partial charge in [0, 0.05) is 19.4 Å². The van der Waals surface area contributed by atoms with Crippen LogP contribution in [0.4, 0.5) is 0 Å². The van der Waals surface area contributed by atoms with E-state index in [0.29, 0.717) is 6.04 Å². The van der Waals surface area contributed by atoms with E-state index in [1.165, 1.54) is 0 Å². The van der Waals surface area contributed by atoms with Crippen LogP contribution >= 0.6 is 0 Å². The Bertz CT molecular complexity index is 293. The smallest absolute Gasteiger partial charge is 0.125 e. The highest BCUT2D eigenvalue weighted by molar-refractivity contribution is 4.98. The highest BCUT2D eigenvalue weighted by atomic mass is 15.1. The average molecular weight is 224 g/mol. The molecule has 4 nitrogen and oxygen atoms in total. The summed E-state index contributed by atoms with van der Waals surface area (Å²) in [7, 11) is 6.27. The van der Waals surface area contributed by atoms with Crippen molar-refractivity contribution >= 4 is 0 Å². The summed E-state index contributed by atoms with van der Waals surface area (Å²) in [6.07, 6.45) is 6.12. The molecule has 4 heteroatoms. The normalized spacial score (nSPS) is 13.3. The maximum atomic E-state index is 4.43. The number of rotatable bonds is 7. The van der Waals surface area contributed by atoms with Crippen molar-refractivity contribution in [2.45, 2.75) is 25.8 Å². The predicted octanol–water partition coefficient (Wildman–Crippen LogP) is 1.41. The third-order valence-corrected chi connectivity index (χ3v) is 2.68. The van der Waals surface area contributed by atoms with Crippen LogP contribution in [0.3, 0.4) is 0 Å². The van der Waals surface area contributed by atoms with Crippen LogP contribution in [0.15, 0.2) is 12.4 Å². The summed E-state index contributed by atoms with van der Waals surface area (Å²) in [5.74, 6) is 1.13. The summed E-state index contributed by atoms with van der Waals surface area (Å²) in [6.45, 7) is 4.31. The lowest BCUT2D eigenvalue weighted by molar-refractivity contribution is 0.352. The van der Waals surface area contributed by atoms with E-state index < -0.39 is 0 Å². The highest BCUT2D eigenvalue weighted by Crippen LogP contribution is 2.14. The number of aromatic nitrogens is 2. The highest BCUT2D eigenvalue weighted by Gasteiger charge is 2.14. The Labute approximate surface area is 98.7 Å². The fraction of sp³-hybridized carbons (Fsp3) is 0.750. The molecule has 1 aromatic rings. The molecule has 1 rings (SSSR count). The van der Waals surface area contributed by atoms with Crippen LogP contribution in [0.5, 0.6) is 0 Å². The van der Waals surface area contributed by atoms with Crippen molar-refractivity contribution in [1.29, 1.82) is 0 Å². The van der Waals surface area contributed by atoms with Crippen molar-refractivity contribution in [3.05, 3.63) is 18.2 Å². The topological polar surface area (TPSA) is 33.1 Å². The van der Waals surface area contributed by atoms with Crippen molar-refractivity contribution in [3.8, 4) is 0 Å². The standard InChI is InChI=1S/C12H24N4/c1-5-7-13-11(6-9-15(2)3)12-14-8-10-16(12)4/h8,10-11,13H,5-7,9H2,1-4H3. The first-order valence-electron chi connectivity index (χ1n) is 6.00. The zero-order chi connectivity index (χ0) is 12.0. The molecule has 0 aliphatic heterocycles. The summed E-state index contributed by atoms with van der Waals surface area (Å²) < 4.78 is 2.10. The molecule has 0 bridgehead atoms. The number of nitrogens with zero attached hydrogens (tertiary/aromatic N) is 3. The molecule has 0 spiro atoms. The number of imidazole rings is 1. The first-order valence-corrected chi connectivity index (χ1v) is 6.00. The molecule has 16 heavy (non-hydrogen) atoms. The minimum absolute atomic E-state index is 0.363. The minimum Gasteiger partial charge on any atom is -0.337 e. The van der Waals surface area contributed by atoms with Gasteiger partial charge in [0.15, 0.2) is 0 Å². The van der Waals surface area contributed by atoms with Crippen LogP contribution in [-0.4, -0.2) is 41.6 Å². The van der Waals surface area contributed by atoms with Crippen LogP contribution in [0.25, 0.3) is 0 Å². The van der Waals surface area contributed by atoms with E-state index in [2.05, 4.69) is 47.8 Å². The molecule has 1 heterocycles. The fourth-order valence-corrected chi connectivity index (χ4v) is 1.74. The predicted molar refractivity (Wildman–Crippen MR) is 67.4 cm³/mol. The van der Waals surface area contributed by atoms with Crippen LogP contribution in [0.2, 0.25) is 0 Å². The van der Waals surface area contributed by atoms with E-state index in [9.17, 15) is 0 Å². The first kappa shape index (κ1) is 13.2. The fourth-order valence-electron chi connectivity index (χ4n) is 1.74. The van der Waals surface area contributed by atoms with Gasteiger partial charge in [-0.25, -0.2) is 4.98 Å². The number of hydrogen-bond acceptors (Lipinski definition) is 3. The van der Waals surface area contributed by atoms with E-state index in [0.717, 1.165) is 31.8 Å². The number of nitrogens with one attached hydrogen (secondary N) is 1. The number of aryl methyl sites for hydroxylation is 1. The second-order valence-corrected chi connectivity index (χ2v) is 4.50. The molecule has 0 aliphatic rings. The van der Waals surface area contributed by atoms with E-state index in [4.69, 9.17) is 0 Å². The summed E-state index contributed by atoms with van der Waals surface area (Å²) in [4.78, 5) is 6.64. The second kappa shape index (κ2) is 6.66. The largest absolute Gasteiger partial charge is 0.337 e. The molecule has 0 aliphatic carbocycles. The Kier molecular flexibility index (Phi) is 5.49. The summed E-state index contributed by atoms with van der Waals surface area (Å²) in [6, 6.07) is 0.363. The lowest BCUT2D eigenvalue weighted by Crippen LogP contribution is -2.28.